The van der Waals surface area contributed by atoms with Gasteiger partial charge in [-0.25, -0.2) is 22.1 Å². The normalized spacial score (nSPS) is 21.4. The number of piperidine rings is 1. The molecular formula is C29H31FN2O4S. The zero-order chi connectivity index (χ0) is 25.7. The third-order valence-electron chi connectivity index (χ3n) is 7.89. The number of pyridine rings is 1. The summed E-state index contributed by atoms with van der Waals surface area (Å²) in [6, 6.07) is 15.1. The second-order valence-electron chi connectivity index (χ2n) is 10.5. The predicted molar refractivity (Wildman–Crippen MR) is 140 cm³/mol. The van der Waals surface area contributed by atoms with Gasteiger partial charge in [0.1, 0.15) is 24.3 Å². The minimum atomic E-state index is -3.17. The van der Waals surface area contributed by atoms with Crippen LogP contribution in [0.5, 0.6) is 11.6 Å². The van der Waals surface area contributed by atoms with Gasteiger partial charge in [-0.15, -0.1) is 0 Å². The van der Waals surface area contributed by atoms with E-state index in [-0.39, 0.29) is 18.5 Å². The van der Waals surface area contributed by atoms with Crippen molar-refractivity contribution in [3.8, 4) is 22.8 Å². The van der Waals surface area contributed by atoms with Gasteiger partial charge in [0.25, 0.3) is 0 Å². The van der Waals surface area contributed by atoms with Crippen LogP contribution in [0.1, 0.15) is 47.6 Å². The molecule has 2 fully saturated rings. The van der Waals surface area contributed by atoms with Crippen molar-refractivity contribution in [1.82, 2.24) is 9.29 Å². The van der Waals surface area contributed by atoms with E-state index in [2.05, 4.69) is 17.1 Å². The fourth-order valence-corrected chi connectivity index (χ4v) is 6.60. The maximum absolute atomic E-state index is 14.6. The Labute approximate surface area is 217 Å². The summed E-state index contributed by atoms with van der Waals surface area (Å²) < 4.78 is 51.6. The lowest BCUT2D eigenvalue weighted by Crippen LogP contribution is -2.41. The number of ether oxygens (including phenoxy) is 2. The largest absolute Gasteiger partial charge is 0.489 e. The molecule has 2 heterocycles. The van der Waals surface area contributed by atoms with Crippen molar-refractivity contribution in [2.75, 3.05) is 19.3 Å². The average Bonchev–Trinajstić information content (AvgIpc) is 3.54. The molecule has 1 aliphatic heterocycles. The van der Waals surface area contributed by atoms with E-state index in [0.29, 0.717) is 37.4 Å². The molecule has 6 rings (SSSR count). The van der Waals surface area contributed by atoms with Crippen molar-refractivity contribution in [3.05, 3.63) is 76.7 Å². The molecule has 0 amide bonds. The minimum absolute atomic E-state index is 0.0738. The van der Waals surface area contributed by atoms with Gasteiger partial charge in [-0.05, 0) is 91.5 Å². The smallest absolute Gasteiger partial charge is 0.213 e. The Morgan fingerprint density at radius 2 is 1.89 bits per heavy atom. The van der Waals surface area contributed by atoms with Gasteiger partial charge in [0.05, 0.1) is 6.26 Å². The Bertz CT molecular complexity index is 1450. The maximum atomic E-state index is 14.6. The molecule has 0 N–H and O–H groups in total. The Balaban J connectivity index is 1.12. The molecular weight excluding hydrogens is 491 g/mol. The fourth-order valence-electron chi connectivity index (χ4n) is 5.72. The fraction of sp³-hybridized carbons (Fsp3) is 0.414. The summed E-state index contributed by atoms with van der Waals surface area (Å²) in [5.74, 6) is 2.57. The van der Waals surface area contributed by atoms with Crippen molar-refractivity contribution in [2.45, 2.75) is 51.2 Å². The Morgan fingerprint density at radius 1 is 1.08 bits per heavy atom. The third-order valence-corrected chi connectivity index (χ3v) is 9.19. The first-order valence-electron chi connectivity index (χ1n) is 12.9. The first-order valence-corrected chi connectivity index (χ1v) is 14.7. The third kappa shape index (κ3) is 5.09. The minimum Gasteiger partial charge on any atom is -0.489 e. The van der Waals surface area contributed by atoms with Crippen molar-refractivity contribution in [1.29, 1.82) is 0 Å². The molecule has 3 aromatic rings. The van der Waals surface area contributed by atoms with Gasteiger partial charge in [-0.1, -0.05) is 12.1 Å². The highest BCUT2D eigenvalue weighted by Crippen LogP contribution is 2.56. The van der Waals surface area contributed by atoms with Gasteiger partial charge in [-0.3, -0.25) is 0 Å². The topological polar surface area (TPSA) is 68.7 Å². The summed E-state index contributed by atoms with van der Waals surface area (Å²) >= 11 is 0. The van der Waals surface area contributed by atoms with Crippen LogP contribution < -0.4 is 9.47 Å². The summed E-state index contributed by atoms with van der Waals surface area (Å²) in [6.45, 7) is 2.97. The first-order chi connectivity index (χ1) is 17.7. The van der Waals surface area contributed by atoms with Crippen LogP contribution in [-0.2, 0) is 23.1 Å². The molecule has 37 heavy (non-hydrogen) atoms. The van der Waals surface area contributed by atoms with E-state index < -0.39 is 10.0 Å². The van der Waals surface area contributed by atoms with Crippen LogP contribution in [0, 0.1) is 18.7 Å². The highest BCUT2D eigenvalue weighted by molar-refractivity contribution is 7.88. The number of benzene rings is 2. The highest BCUT2D eigenvalue weighted by Gasteiger charge is 2.44. The zero-order valence-corrected chi connectivity index (χ0v) is 21.9. The molecule has 1 saturated carbocycles. The Kier molecular flexibility index (Phi) is 6.19. The Morgan fingerprint density at radius 3 is 2.65 bits per heavy atom. The van der Waals surface area contributed by atoms with Crippen LogP contribution in [0.25, 0.3) is 11.1 Å². The molecule has 194 valence electrons. The molecule has 2 aliphatic carbocycles. The predicted octanol–water partition coefficient (Wildman–Crippen LogP) is 5.24. The molecule has 2 aromatic carbocycles. The van der Waals surface area contributed by atoms with Gasteiger partial charge in [0.2, 0.25) is 15.9 Å². The number of fused-ring (bicyclic) bond motifs is 3. The standard InChI is InChI=1S/C29H31FN2O4S/c1-18-25(6-8-29(31-18)36-23-9-11-32(12-10-23)37(2,33)34)19-3-7-28(30)22(13-19)17-35-24-4-5-26-20(15-24)14-21-16-27(21)26/h3-8,13,15,21,23,27H,9-12,14,16-17H2,1-2H3. The molecule has 8 heteroatoms. The second kappa shape index (κ2) is 9.40. The molecule has 0 bridgehead atoms. The lowest BCUT2D eigenvalue weighted by Gasteiger charge is -2.30. The van der Waals surface area contributed by atoms with Crippen LogP contribution in [0.15, 0.2) is 48.5 Å². The van der Waals surface area contributed by atoms with Crippen LogP contribution in [0.4, 0.5) is 4.39 Å². The van der Waals surface area contributed by atoms with Crippen LogP contribution in [0.3, 0.4) is 0 Å². The summed E-state index contributed by atoms with van der Waals surface area (Å²) in [5, 5.41) is 0. The van der Waals surface area contributed by atoms with E-state index >= 15 is 0 Å². The van der Waals surface area contributed by atoms with Gasteiger partial charge >= 0.3 is 0 Å². The van der Waals surface area contributed by atoms with E-state index in [1.54, 1.807) is 6.07 Å². The number of rotatable bonds is 7. The van der Waals surface area contributed by atoms with E-state index in [9.17, 15) is 12.8 Å². The lowest BCUT2D eigenvalue weighted by atomic mass is 10.0. The van der Waals surface area contributed by atoms with Gasteiger partial charge in [0, 0.05) is 36.0 Å². The van der Waals surface area contributed by atoms with Crippen LogP contribution in [-0.4, -0.2) is 43.2 Å². The molecule has 0 radical (unpaired) electrons. The number of halogens is 1. The summed E-state index contributed by atoms with van der Waals surface area (Å²) in [5.41, 5.74) is 5.88. The van der Waals surface area contributed by atoms with E-state index in [1.165, 1.54) is 34.2 Å². The van der Waals surface area contributed by atoms with Gasteiger partial charge in [-0.2, -0.15) is 0 Å². The number of aromatic nitrogens is 1. The first kappa shape index (κ1) is 24.4. The lowest BCUT2D eigenvalue weighted by molar-refractivity contribution is 0.130. The van der Waals surface area contributed by atoms with Crippen molar-refractivity contribution in [3.63, 3.8) is 0 Å². The molecule has 0 spiro atoms. The molecule has 1 aromatic heterocycles. The average molecular weight is 523 g/mol. The maximum Gasteiger partial charge on any atom is 0.213 e. The molecule has 1 saturated heterocycles. The summed E-state index contributed by atoms with van der Waals surface area (Å²) in [7, 11) is -3.17. The number of aryl methyl sites for hydroxylation is 1. The molecule has 2 unspecified atom stereocenters. The quantitative estimate of drug-likeness (QED) is 0.425. The second-order valence-corrected chi connectivity index (χ2v) is 12.5. The summed E-state index contributed by atoms with van der Waals surface area (Å²) in [4.78, 5) is 4.62. The molecule has 3 aliphatic rings. The van der Waals surface area contributed by atoms with E-state index in [1.807, 2.05) is 31.2 Å². The number of hydrogen-bond donors (Lipinski definition) is 0. The SMILES string of the molecule is Cc1nc(OC2CCN(S(C)(=O)=O)CC2)ccc1-c1ccc(F)c(COc2ccc3c(c2)CC2CC32)c1. The number of sulfonamides is 1. The summed E-state index contributed by atoms with van der Waals surface area (Å²) in [6.07, 6.45) is 4.86. The monoisotopic (exact) mass is 522 g/mol. The van der Waals surface area contributed by atoms with E-state index in [0.717, 1.165) is 40.8 Å². The van der Waals surface area contributed by atoms with Crippen molar-refractivity contribution >= 4 is 10.0 Å². The van der Waals surface area contributed by atoms with Crippen molar-refractivity contribution in [2.24, 2.45) is 5.92 Å². The van der Waals surface area contributed by atoms with E-state index in [4.69, 9.17) is 9.47 Å². The van der Waals surface area contributed by atoms with Crippen LogP contribution >= 0.6 is 0 Å². The molecule has 6 nitrogen and oxygen atoms in total. The van der Waals surface area contributed by atoms with Gasteiger partial charge < -0.3 is 9.47 Å². The molecule has 2 atom stereocenters. The number of nitrogens with zero attached hydrogens (tertiary/aromatic N) is 2. The number of hydrogen-bond acceptors (Lipinski definition) is 5. The van der Waals surface area contributed by atoms with Crippen LogP contribution in [0.2, 0.25) is 0 Å². The van der Waals surface area contributed by atoms with Gasteiger partial charge in [0.15, 0.2) is 0 Å². The zero-order valence-electron chi connectivity index (χ0n) is 21.1. The highest BCUT2D eigenvalue weighted by atomic mass is 32.2. The Hall–Kier alpha value is -2.97. The van der Waals surface area contributed by atoms with Crippen molar-refractivity contribution < 1.29 is 22.3 Å².